The first-order valence-corrected chi connectivity index (χ1v) is 14.0. The van der Waals surface area contributed by atoms with Crippen LogP contribution in [0, 0.1) is 12.8 Å². The molecule has 0 aliphatic heterocycles. The number of carbonyl (C=O) groups is 2. The molecule has 1 unspecified atom stereocenters. The fourth-order valence-electron chi connectivity index (χ4n) is 4.16. The smallest absolute Gasteiger partial charge is 0.254 e. The highest BCUT2D eigenvalue weighted by Gasteiger charge is 2.24. The van der Waals surface area contributed by atoms with E-state index in [4.69, 9.17) is 0 Å². The average molecular weight is 505 g/mol. The number of amides is 2. The third kappa shape index (κ3) is 8.34. The van der Waals surface area contributed by atoms with E-state index in [-0.39, 0.29) is 18.4 Å². The number of hydrogen-bond acceptors (Lipinski definition) is 3. The molecule has 0 saturated heterocycles. The van der Waals surface area contributed by atoms with Crippen LogP contribution in [0.15, 0.2) is 66.7 Å². The molecule has 0 bridgehead atoms. The van der Waals surface area contributed by atoms with Gasteiger partial charge in [0.1, 0.15) is 6.54 Å². The van der Waals surface area contributed by atoms with Gasteiger partial charge in [0.25, 0.3) is 5.91 Å². The van der Waals surface area contributed by atoms with Crippen LogP contribution < -0.4 is 0 Å². The van der Waals surface area contributed by atoms with Crippen LogP contribution in [0.25, 0.3) is 0 Å². The Bertz CT molecular complexity index is 1090. The Kier molecular flexibility index (Phi) is 10.7. The molecule has 0 aliphatic rings. The van der Waals surface area contributed by atoms with Gasteiger partial charge >= 0.3 is 0 Å². The first-order valence-electron chi connectivity index (χ1n) is 13.1. The zero-order valence-corrected chi connectivity index (χ0v) is 23.0. The summed E-state index contributed by atoms with van der Waals surface area (Å²) in [4.78, 5) is 33.2. The standard InChI is InChI=1S/C31H40N2O2S/c1-5-7-11-26-15-17-28(18-16-26)31(35)33(20-24(3)6-2)23-30(34)32(21-27-12-9-8-10-13-27)22-29-19-14-25(4)36-29/h8-10,12-19,24H,5-7,11,20-23H2,1-4H3. The van der Waals surface area contributed by atoms with E-state index < -0.39 is 0 Å². The Morgan fingerprint density at radius 3 is 2.19 bits per heavy atom. The summed E-state index contributed by atoms with van der Waals surface area (Å²) >= 11 is 1.71. The highest BCUT2D eigenvalue weighted by molar-refractivity contribution is 7.11. The first kappa shape index (κ1) is 27.7. The van der Waals surface area contributed by atoms with Gasteiger partial charge in [0.05, 0.1) is 6.54 Å². The maximum Gasteiger partial charge on any atom is 0.254 e. The molecular formula is C31H40N2O2S. The summed E-state index contributed by atoms with van der Waals surface area (Å²) in [7, 11) is 0. The first-order chi connectivity index (χ1) is 17.4. The molecule has 1 heterocycles. The minimum Gasteiger partial charge on any atom is -0.332 e. The number of benzene rings is 2. The molecule has 3 rings (SSSR count). The van der Waals surface area contributed by atoms with Crippen molar-refractivity contribution in [2.45, 2.75) is 66.5 Å². The van der Waals surface area contributed by atoms with Crippen molar-refractivity contribution in [3.05, 3.63) is 93.2 Å². The Morgan fingerprint density at radius 1 is 0.861 bits per heavy atom. The lowest BCUT2D eigenvalue weighted by Gasteiger charge is -2.29. The lowest BCUT2D eigenvalue weighted by Crippen LogP contribution is -2.44. The van der Waals surface area contributed by atoms with Crippen molar-refractivity contribution < 1.29 is 9.59 Å². The zero-order chi connectivity index (χ0) is 25.9. The summed E-state index contributed by atoms with van der Waals surface area (Å²) in [6.45, 7) is 10.2. The van der Waals surface area contributed by atoms with Gasteiger partial charge in [-0.2, -0.15) is 0 Å². The highest BCUT2D eigenvalue weighted by Crippen LogP contribution is 2.20. The number of rotatable bonds is 13. The maximum atomic E-state index is 13.7. The molecule has 0 N–H and O–H groups in total. The van der Waals surface area contributed by atoms with Gasteiger partial charge in [-0.1, -0.05) is 76.1 Å². The van der Waals surface area contributed by atoms with E-state index in [0.717, 1.165) is 36.1 Å². The summed E-state index contributed by atoms with van der Waals surface area (Å²) in [5.74, 6) is 0.214. The molecule has 3 aromatic rings. The van der Waals surface area contributed by atoms with Gasteiger partial charge in [0.2, 0.25) is 5.91 Å². The number of aryl methyl sites for hydroxylation is 2. The lowest BCUT2D eigenvalue weighted by atomic mass is 10.0. The van der Waals surface area contributed by atoms with Crippen molar-refractivity contribution in [3.8, 4) is 0 Å². The van der Waals surface area contributed by atoms with Crippen LogP contribution in [0.3, 0.4) is 0 Å². The van der Waals surface area contributed by atoms with Gasteiger partial charge in [0, 0.05) is 28.4 Å². The predicted octanol–water partition coefficient (Wildman–Crippen LogP) is 7.12. The van der Waals surface area contributed by atoms with Crippen molar-refractivity contribution in [1.82, 2.24) is 9.80 Å². The molecule has 0 fully saturated rings. The molecule has 0 spiro atoms. The number of thiophene rings is 1. The second kappa shape index (κ2) is 14.0. The third-order valence-corrected chi connectivity index (χ3v) is 7.56. The molecule has 2 aromatic carbocycles. The quantitative estimate of drug-likeness (QED) is 0.249. The molecule has 1 atom stereocenters. The van der Waals surface area contributed by atoms with Crippen molar-refractivity contribution in [1.29, 1.82) is 0 Å². The summed E-state index contributed by atoms with van der Waals surface area (Å²) < 4.78 is 0. The zero-order valence-electron chi connectivity index (χ0n) is 22.2. The molecule has 2 amide bonds. The van der Waals surface area contributed by atoms with Crippen LogP contribution in [0.5, 0.6) is 0 Å². The fraction of sp³-hybridized carbons (Fsp3) is 0.419. The summed E-state index contributed by atoms with van der Waals surface area (Å²) in [6, 6.07) is 22.2. The van der Waals surface area contributed by atoms with Gasteiger partial charge in [-0.25, -0.2) is 0 Å². The molecular weight excluding hydrogens is 464 g/mol. The van der Waals surface area contributed by atoms with Gasteiger partial charge in [-0.3, -0.25) is 9.59 Å². The maximum absolute atomic E-state index is 13.7. The fourth-order valence-corrected chi connectivity index (χ4v) is 5.07. The van der Waals surface area contributed by atoms with Gasteiger partial charge in [0.15, 0.2) is 0 Å². The number of carbonyl (C=O) groups excluding carboxylic acids is 2. The molecule has 192 valence electrons. The van der Waals surface area contributed by atoms with E-state index in [1.165, 1.54) is 10.4 Å². The van der Waals surface area contributed by atoms with E-state index in [2.05, 4.69) is 39.8 Å². The van der Waals surface area contributed by atoms with Crippen LogP contribution >= 0.6 is 11.3 Å². The van der Waals surface area contributed by atoms with Crippen LogP contribution in [-0.2, 0) is 24.3 Å². The van der Waals surface area contributed by atoms with Gasteiger partial charge < -0.3 is 9.80 Å². The Hall–Kier alpha value is -2.92. The summed E-state index contributed by atoms with van der Waals surface area (Å²) in [6.07, 6.45) is 4.27. The minimum atomic E-state index is -0.0719. The number of unbranched alkanes of at least 4 members (excludes halogenated alkanes) is 1. The molecule has 36 heavy (non-hydrogen) atoms. The topological polar surface area (TPSA) is 40.6 Å². The van der Waals surface area contributed by atoms with Crippen LogP contribution in [0.4, 0.5) is 0 Å². The largest absolute Gasteiger partial charge is 0.332 e. The van der Waals surface area contributed by atoms with Crippen molar-refractivity contribution in [2.75, 3.05) is 13.1 Å². The van der Waals surface area contributed by atoms with E-state index in [1.54, 1.807) is 16.2 Å². The number of nitrogens with zero attached hydrogens (tertiary/aromatic N) is 2. The van der Waals surface area contributed by atoms with Crippen LogP contribution in [-0.4, -0.2) is 34.7 Å². The summed E-state index contributed by atoms with van der Waals surface area (Å²) in [5, 5.41) is 0. The molecule has 0 aliphatic carbocycles. The SMILES string of the molecule is CCCCc1ccc(C(=O)N(CC(=O)N(Cc2ccccc2)Cc2ccc(C)s2)CC(C)CC)cc1. The third-order valence-electron chi connectivity index (χ3n) is 6.57. The van der Waals surface area contributed by atoms with Crippen LogP contribution in [0.2, 0.25) is 0 Å². The lowest BCUT2D eigenvalue weighted by molar-refractivity contribution is -0.133. The Morgan fingerprint density at radius 2 is 1.58 bits per heavy atom. The van der Waals surface area contributed by atoms with Crippen molar-refractivity contribution in [2.24, 2.45) is 5.92 Å². The van der Waals surface area contributed by atoms with Crippen molar-refractivity contribution >= 4 is 23.2 Å². The van der Waals surface area contributed by atoms with Gasteiger partial charge in [-0.15, -0.1) is 11.3 Å². The van der Waals surface area contributed by atoms with E-state index in [1.807, 2.05) is 59.5 Å². The van der Waals surface area contributed by atoms with E-state index >= 15 is 0 Å². The van der Waals surface area contributed by atoms with Crippen molar-refractivity contribution in [3.63, 3.8) is 0 Å². The normalized spacial score (nSPS) is 11.8. The number of hydrogen-bond donors (Lipinski definition) is 0. The van der Waals surface area contributed by atoms with E-state index in [9.17, 15) is 9.59 Å². The molecule has 0 saturated carbocycles. The average Bonchev–Trinajstić information content (AvgIpc) is 3.31. The monoisotopic (exact) mass is 504 g/mol. The predicted molar refractivity (Wildman–Crippen MR) is 150 cm³/mol. The minimum absolute atomic E-state index is 0.0267. The second-order valence-electron chi connectivity index (χ2n) is 9.75. The van der Waals surface area contributed by atoms with E-state index in [0.29, 0.717) is 31.1 Å². The Labute approximate surface area is 221 Å². The highest BCUT2D eigenvalue weighted by atomic mass is 32.1. The van der Waals surface area contributed by atoms with Gasteiger partial charge in [-0.05, 0) is 61.1 Å². The second-order valence-corrected chi connectivity index (χ2v) is 11.1. The summed E-state index contributed by atoms with van der Waals surface area (Å²) in [5.41, 5.74) is 2.98. The molecule has 0 radical (unpaired) electrons. The van der Waals surface area contributed by atoms with Crippen LogP contribution in [0.1, 0.15) is 71.3 Å². The molecule has 5 heteroatoms. The molecule has 1 aromatic heterocycles. The Balaban J connectivity index is 1.79. The molecule has 4 nitrogen and oxygen atoms in total.